The van der Waals surface area contributed by atoms with E-state index in [1.165, 1.54) is 5.56 Å². The number of nitrogen functional groups attached to an aromatic ring is 2. The van der Waals surface area contributed by atoms with Crippen LogP contribution < -0.4 is 26.3 Å². The molecule has 0 radical (unpaired) electrons. The Kier molecular flexibility index (Phi) is 6.79. The molecular formula is C22H33N5O2. The second-order valence-electron chi connectivity index (χ2n) is 7.82. The number of piperidine rings is 1. The van der Waals surface area contributed by atoms with Crippen LogP contribution in [0.15, 0.2) is 18.3 Å². The summed E-state index contributed by atoms with van der Waals surface area (Å²) in [6.07, 6.45) is 4.39. The van der Waals surface area contributed by atoms with E-state index >= 15 is 0 Å². The Hall–Kier alpha value is -2.54. The normalized spacial score (nSPS) is 21.7. The van der Waals surface area contributed by atoms with E-state index in [2.05, 4.69) is 41.3 Å². The summed E-state index contributed by atoms with van der Waals surface area (Å²) in [5, 5.41) is 3.62. The lowest BCUT2D eigenvalue weighted by atomic mass is 9.82. The Morgan fingerprint density at radius 2 is 1.62 bits per heavy atom. The van der Waals surface area contributed by atoms with Crippen molar-refractivity contribution in [3.05, 3.63) is 35.0 Å². The predicted molar refractivity (Wildman–Crippen MR) is 116 cm³/mol. The van der Waals surface area contributed by atoms with Gasteiger partial charge >= 0.3 is 0 Å². The fourth-order valence-corrected chi connectivity index (χ4v) is 4.31. The zero-order valence-corrected chi connectivity index (χ0v) is 17.9. The number of nitrogens with zero attached hydrogens (tertiary/aromatic N) is 2. The molecule has 5 N–H and O–H groups in total. The van der Waals surface area contributed by atoms with Gasteiger partial charge in [-0.15, -0.1) is 0 Å². The van der Waals surface area contributed by atoms with E-state index in [0.29, 0.717) is 43.5 Å². The van der Waals surface area contributed by atoms with Crippen molar-refractivity contribution < 1.29 is 9.47 Å². The molecule has 7 nitrogen and oxygen atoms in total. The molecule has 1 aromatic carbocycles. The van der Waals surface area contributed by atoms with E-state index in [0.717, 1.165) is 35.5 Å². The maximum Gasteiger partial charge on any atom is 0.221 e. The summed E-state index contributed by atoms with van der Waals surface area (Å²) >= 11 is 0. The van der Waals surface area contributed by atoms with Gasteiger partial charge in [-0.25, -0.2) is 4.98 Å². The highest BCUT2D eigenvalue weighted by atomic mass is 16.5. The third-order valence-electron chi connectivity index (χ3n) is 5.33. The van der Waals surface area contributed by atoms with Gasteiger partial charge in [-0.3, -0.25) is 0 Å². The van der Waals surface area contributed by atoms with Crippen LogP contribution in [0.3, 0.4) is 0 Å². The van der Waals surface area contributed by atoms with Crippen molar-refractivity contribution in [2.75, 3.05) is 24.7 Å². The Bertz CT molecular complexity index is 805. The van der Waals surface area contributed by atoms with Crippen molar-refractivity contribution in [2.24, 2.45) is 0 Å². The molecule has 2 unspecified atom stereocenters. The van der Waals surface area contributed by atoms with Crippen molar-refractivity contribution >= 4 is 11.8 Å². The lowest BCUT2D eigenvalue weighted by Gasteiger charge is -2.34. The molecule has 0 saturated carbocycles. The highest BCUT2D eigenvalue weighted by molar-refractivity contribution is 5.53. The predicted octanol–water partition coefficient (Wildman–Crippen LogP) is 3.27. The molecule has 2 heterocycles. The molecule has 158 valence electrons. The lowest BCUT2D eigenvalue weighted by molar-refractivity contribution is 0.281. The van der Waals surface area contributed by atoms with E-state index in [1.54, 1.807) is 6.20 Å². The fraction of sp³-hybridized carbons (Fsp3) is 0.545. The van der Waals surface area contributed by atoms with E-state index in [4.69, 9.17) is 20.9 Å². The van der Waals surface area contributed by atoms with Crippen LogP contribution in [-0.2, 0) is 6.42 Å². The molecular weight excluding hydrogens is 366 g/mol. The Morgan fingerprint density at radius 3 is 2.14 bits per heavy atom. The van der Waals surface area contributed by atoms with Gasteiger partial charge in [0.2, 0.25) is 5.95 Å². The minimum absolute atomic E-state index is 0.181. The molecule has 1 aromatic heterocycles. The molecule has 1 saturated heterocycles. The summed E-state index contributed by atoms with van der Waals surface area (Å²) in [5.74, 6) is 2.77. The maximum absolute atomic E-state index is 6.09. The van der Waals surface area contributed by atoms with Crippen molar-refractivity contribution in [1.29, 1.82) is 0 Å². The zero-order chi connectivity index (χ0) is 21.0. The van der Waals surface area contributed by atoms with Crippen LogP contribution in [0.1, 0.15) is 63.1 Å². The maximum atomic E-state index is 6.09. The van der Waals surface area contributed by atoms with Gasteiger partial charge in [0.1, 0.15) is 17.3 Å². The van der Waals surface area contributed by atoms with E-state index in [1.807, 2.05) is 13.8 Å². The summed E-state index contributed by atoms with van der Waals surface area (Å²) in [5.41, 5.74) is 14.7. The SMILES string of the molecule is CCOc1cc(Cc2cnc(N)nc2N)cc(OCC)c1C1CC(C)NC(C)C1. The van der Waals surface area contributed by atoms with Crippen LogP contribution in [0.5, 0.6) is 11.5 Å². The average Bonchev–Trinajstić information content (AvgIpc) is 2.64. The van der Waals surface area contributed by atoms with E-state index in [-0.39, 0.29) is 5.95 Å². The number of aromatic nitrogens is 2. The highest BCUT2D eigenvalue weighted by Crippen LogP contribution is 2.43. The van der Waals surface area contributed by atoms with Crippen molar-refractivity contribution in [2.45, 2.75) is 65.0 Å². The number of anilines is 2. The number of rotatable bonds is 7. The second-order valence-corrected chi connectivity index (χ2v) is 7.82. The smallest absolute Gasteiger partial charge is 0.221 e. The highest BCUT2D eigenvalue weighted by Gasteiger charge is 2.30. The number of nitrogens with one attached hydrogen (secondary N) is 1. The Balaban J connectivity index is 2.01. The number of benzene rings is 1. The van der Waals surface area contributed by atoms with Gasteiger partial charge < -0.3 is 26.3 Å². The second kappa shape index (κ2) is 9.31. The molecule has 2 atom stereocenters. The quantitative estimate of drug-likeness (QED) is 0.655. The molecule has 0 spiro atoms. The summed E-state index contributed by atoms with van der Waals surface area (Å²) in [7, 11) is 0. The van der Waals surface area contributed by atoms with Crippen molar-refractivity contribution in [1.82, 2.24) is 15.3 Å². The summed E-state index contributed by atoms with van der Waals surface area (Å²) in [6.45, 7) is 9.70. The minimum Gasteiger partial charge on any atom is -0.493 e. The third kappa shape index (κ3) is 5.09. The van der Waals surface area contributed by atoms with Crippen LogP contribution in [0.4, 0.5) is 11.8 Å². The van der Waals surface area contributed by atoms with Crippen LogP contribution in [-0.4, -0.2) is 35.3 Å². The number of nitrogens with two attached hydrogens (primary N) is 2. The molecule has 29 heavy (non-hydrogen) atoms. The molecule has 0 bridgehead atoms. The van der Waals surface area contributed by atoms with Gasteiger partial charge in [0.25, 0.3) is 0 Å². The first-order valence-corrected chi connectivity index (χ1v) is 10.5. The average molecular weight is 400 g/mol. The van der Waals surface area contributed by atoms with Crippen LogP contribution >= 0.6 is 0 Å². The van der Waals surface area contributed by atoms with E-state index < -0.39 is 0 Å². The van der Waals surface area contributed by atoms with Gasteiger partial charge in [-0.2, -0.15) is 4.98 Å². The third-order valence-corrected chi connectivity index (χ3v) is 5.33. The van der Waals surface area contributed by atoms with E-state index in [9.17, 15) is 0 Å². The topological polar surface area (TPSA) is 108 Å². The standard InChI is InChI=1S/C22H33N5O2/c1-5-28-18-10-15(9-17-12-25-22(24)27-21(17)23)11-19(29-6-2)20(18)16-7-13(3)26-14(4)8-16/h10-14,16,26H,5-9H2,1-4H3,(H4,23,24,25,27). The Morgan fingerprint density at radius 1 is 1.03 bits per heavy atom. The number of ether oxygens (including phenoxy) is 2. The number of hydrogen-bond donors (Lipinski definition) is 3. The molecule has 1 aliphatic rings. The molecule has 1 fully saturated rings. The summed E-state index contributed by atoms with van der Waals surface area (Å²) < 4.78 is 12.2. The molecule has 0 aliphatic carbocycles. The molecule has 2 aromatic rings. The molecule has 3 rings (SSSR count). The van der Waals surface area contributed by atoms with Crippen molar-refractivity contribution in [3.63, 3.8) is 0 Å². The van der Waals surface area contributed by atoms with Crippen molar-refractivity contribution in [3.8, 4) is 11.5 Å². The Labute approximate surface area is 173 Å². The van der Waals surface area contributed by atoms with Gasteiger partial charge in [0.05, 0.1) is 13.2 Å². The first-order valence-electron chi connectivity index (χ1n) is 10.5. The summed E-state index contributed by atoms with van der Waals surface area (Å²) in [4.78, 5) is 8.15. The largest absolute Gasteiger partial charge is 0.493 e. The molecule has 1 aliphatic heterocycles. The number of hydrogen-bond acceptors (Lipinski definition) is 7. The van der Waals surface area contributed by atoms with Crippen LogP contribution in [0, 0.1) is 0 Å². The molecule has 0 amide bonds. The van der Waals surface area contributed by atoms with Gasteiger partial charge in [0, 0.05) is 35.8 Å². The fourth-order valence-electron chi connectivity index (χ4n) is 4.31. The lowest BCUT2D eigenvalue weighted by Crippen LogP contribution is -2.41. The monoisotopic (exact) mass is 399 g/mol. The molecule has 7 heteroatoms. The van der Waals surface area contributed by atoms with Gasteiger partial charge in [-0.1, -0.05) is 0 Å². The van der Waals surface area contributed by atoms with Crippen LogP contribution in [0.25, 0.3) is 0 Å². The summed E-state index contributed by atoms with van der Waals surface area (Å²) in [6, 6.07) is 5.13. The van der Waals surface area contributed by atoms with Crippen LogP contribution in [0.2, 0.25) is 0 Å². The first kappa shape index (κ1) is 21.2. The first-order chi connectivity index (χ1) is 13.9. The zero-order valence-electron chi connectivity index (χ0n) is 17.9. The van der Waals surface area contributed by atoms with Gasteiger partial charge in [0.15, 0.2) is 0 Å². The minimum atomic E-state index is 0.181. The van der Waals surface area contributed by atoms with Gasteiger partial charge in [-0.05, 0) is 64.2 Å².